The van der Waals surface area contributed by atoms with Crippen LogP contribution in [-0.2, 0) is 9.05 Å². The van der Waals surface area contributed by atoms with Crippen LogP contribution in [0.1, 0.15) is 16.1 Å². The van der Waals surface area contributed by atoms with Crippen molar-refractivity contribution in [1.29, 1.82) is 0 Å². The van der Waals surface area contributed by atoms with Crippen LogP contribution in [0.5, 0.6) is 0 Å². The van der Waals surface area contributed by atoms with Crippen molar-refractivity contribution in [3.05, 3.63) is 33.6 Å². The zero-order valence-electron chi connectivity index (χ0n) is 10.2. The van der Waals surface area contributed by atoms with Gasteiger partial charge < -0.3 is 0 Å². The fourth-order valence-corrected chi connectivity index (χ4v) is 3.69. The molecule has 1 aromatic carbocycles. The van der Waals surface area contributed by atoms with Crippen LogP contribution < -0.4 is 0 Å². The summed E-state index contributed by atoms with van der Waals surface area (Å²) in [5.41, 5.74) is 3.30. The standard InChI is InChI=1S/C12H12ClNO2S2/c1-7-5-12(18(13,15)16)8(2)4-10(7)11-6-17-9(3)14-11/h4-6H,1-3H3. The lowest BCUT2D eigenvalue weighted by Crippen LogP contribution is -1.97. The SMILES string of the molecule is Cc1nc(-c2cc(C)c(S(=O)(=O)Cl)cc2C)cs1. The van der Waals surface area contributed by atoms with Gasteiger partial charge in [-0.2, -0.15) is 0 Å². The Bertz CT molecular complexity index is 705. The van der Waals surface area contributed by atoms with Gasteiger partial charge in [-0.15, -0.1) is 11.3 Å². The molecule has 0 unspecified atom stereocenters. The van der Waals surface area contributed by atoms with Gasteiger partial charge in [-0.1, -0.05) is 0 Å². The summed E-state index contributed by atoms with van der Waals surface area (Å²) < 4.78 is 22.8. The minimum Gasteiger partial charge on any atom is -0.242 e. The average Bonchev–Trinajstić information content (AvgIpc) is 2.66. The summed E-state index contributed by atoms with van der Waals surface area (Å²) in [6.07, 6.45) is 0. The van der Waals surface area contributed by atoms with Gasteiger partial charge in [-0.3, -0.25) is 0 Å². The Morgan fingerprint density at radius 2 is 1.83 bits per heavy atom. The number of aromatic nitrogens is 1. The van der Waals surface area contributed by atoms with Crippen molar-refractivity contribution in [2.75, 3.05) is 0 Å². The Hall–Kier alpha value is -0.910. The van der Waals surface area contributed by atoms with Crippen molar-refractivity contribution in [3.63, 3.8) is 0 Å². The second kappa shape index (κ2) is 4.64. The number of hydrogen-bond acceptors (Lipinski definition) is 4. The third kappa shape index (κ3) is 2.58. The van der Waals surface area contributed by atoms with Crippen LogP contribution in [-0.4, -0.2) is 13.4 Å². The van der Waals surface area contributed by atoms with Crippen molar-refractivity contribution in [2.45, 2.75) is 25.7 Å². The molecule has 0 saturated carbocycles. The molecule has 18 heavy (non-hydrogen) atoms. The molecule has 2 rings (SSSR count). The number of nitrogens with zero attached hydrogens (tertiary/aromatic N) is 1. The molecule has 0 N–H and O–H groups in total. The van der Waals surface area contributed by atoms with E-state index in [1.807, 2.05) is 25.3 Å². The second-order valence-electron chi connectivity index (χ2n) is 4.12. The van der Waals surface area contributed by atoms with Crippen molar-refractivity contribution in [2.24, 2.45) is 0 Å². The third-order valence-electron chi connectivity index (χ3n) is 2.68. The summed E-state index contributed by atoms with van der Waals surface area (Å²) >= 11 is 1.57. The highest BCUT2D eigenvalue weighted by Crippen LogP contribution is 2.30. The molecule has 0 aliphatic rings. The van der Waals surface area contributed by atoms with E-state index in [-0.39, 0.29) is 4.90 Å². The van der Waals surface area contributed by atoms with E-state index < -0.39 is 9.05 Å². The predicted octanol–water partition coefficient (Wildman–Crippen LogP) is 3.66. The Morgan fingerprint density at radius 1 is 1.17 bits per heavy atom. The molecule has 0 fully saturated rings. The summed E-state index contributed by atoms with van der Waals surface area (Å²) in [7, 11) is 1.70. The minimum atomic E-state index is -3.70. The molecular formula is C12H12ClNO2S2. The van der Waals surface area contributed by atoms with Crippen molar-refractivity contribution in [3.8, 4) is 11.3 Å². The number of benzene rings is 1. The molecule has 0 amide bonds. The van der Waals surface area contributed by atoms with E-state index >= 15 is 0 Å². The van der Waals surface area contributed by atoms with Gasteiger partial charge in [0.1, 0.15) is 0 Å². The van der Waals surface area contributed by atoms with E-state index in [0.717, 1.165) is 21.8 Å². The van der Waals surface area contributed by atoms with Gasteiger partial charge in [-0.05, 0) is 44.0 Å². The highest BCUT2D eigenvalue weighted by molar-refractivity contribution is 8.13. The summed E-state index contributed by atoms with van der Waals surface area (Å²) in [6, 6.07) is 3.42. The molecule has 0 saturated heterocycles. The Balaban J connectivity index is 2.64. The minimum absolute atomic E-state index is 0.164. The molecule has 1 heterocycles. The van der Waals surface area contributed by atoms with E-state index in [0.29, 0.717) is 5.56 Å². The lowest BCUT2D eigenvalue weighted by molar-refractivity contribution is 0.609. The molecule has 0 aliphatic heterocycles. The van der Waals surface area contributed by atoms with E-state index in [1.165, 1.54) is 0 Å². The van der Waals surface area contributed by atoms with Gasteiger partial charge in [0.25, 0.3) is 9.05 Å². The topological polar surface area (TPSA) is 47.0 Å². The quantitative estimate of drug-likeness (QED) is 0.795. The number of rotatable bonds is 2. The van der Waals surface area contributed by atoms with Gasteiger partial charge >= 0.3 is 0 Å². The first-order chi connectivity index (χ1) is 8.29. The molecule has 96 valence electrons. The highest BCUT2D eigenvalue weighted by Gasteiger charge is 2.16. The Morgan fingerprint density at radius 3 is 2.33 bits per heavy atom. The molecule has 0 bridgehead atoms. The maximum absolute atomic E-state index is 11.4. The number of thiazole rings is 1. The third-order valence-corrected chi connectivity index (χ3v) is 4.92. The first-order valence-corrected chi connectivity index (χ1v) is 8.46. The predicted molar refractivity (Wildman–Crippen MR) is 74.8 cm³/mol. The van der Waals surface area contributed by atoms with Crippen LogP contribution in [0.15, 0.2) is 22.4 Å². The van der Waals surface area contributed by atoms with Crippen LogP contribution in [0, 0.1) is 20.8 Å². The fourth-order valence-electron chi connectivity index (χ4n) is 1.82. The van der Waals surface area contributed by atoms with Crippen LogP contribution in [0.2, 0.25) is 0 Å². The van der Waals surface area contributed by atoms with Gasteiger partial charge in [-0.25, -0.2) is 13.4 Å². The molecule has 0 aliphatic carbocycles. The van der Waals surface area contributed by atoms with E-state index in [2.05, 4.69) is 4.98 Å². The molecule has 0 atom stereocenters. The number of hydrogen-bond donors (Lipinski definition) is 0. The average molecular weight is 302 g/mol. The van der Waals surface area contributed by atoms with E-state index in [1.54, 1.807) is 24.3 Å². The van der Waals surface area contributed by atoms with Crippen molar-refractivity contribution in [1.82, 2.24) is 4.98 Å². The summed E-state index contributed by atoms with van der Waals surface area (Å²) in [5.74, 6) is 0. The molecule has 2 aromatic rings. The van der Waals surface area contributed by atoms with Gasteiger partial charge in [0.15, 0.2) is 0 Å². The van der Waals surface area contributed by atoms with Gasteiger partial charge in [0, 0.05) is 21.6 Å². The van der Waals surface area contributed by atoms with Gasteiger partial charge in [0.2, 0.25) is 0 Å². The van der Waals surface area contributed by atoms with E-state index in [4.69, 9.17) is 10.7 Å². The van der Waals surface area contributed by atoms with Crippen LogP contribution in [0.3, 0.4) is 0 Å². The zero-order valence-corrected chi connectivity index (χ0v) is 12.6. The van der Waals surface area contributed by atoms with Crippen LogP contribution >= 0.6 is 22.0 Å². The van der Waals surface area contributed by atoms with Crippen LogP contribution in [0.4, 0.5) is 0 Å². The maximum atomic E-state index is 11.4. The largest absolute Gasteiger partial charge is 0.261 e. The number of halogens is 1. The first-order valence-electron chi connectivity index (χ1n) is 5.27. The Kier molecular flexibility index (Phi) is 3.49. The fraction of sp³-hybridized carbons (Fsp3) is 0.250. The Labute approximate surface area is 115 Å². The molecule has 6 heteroatoms. The lowest BCUT2D eigenvalue weighted by atomic mass is 10.0. The summed E-state index contributed by atoms with van der Waals surface area (Å²) in [6.45, 7) is 5.53. The monoisotopic (exact) mass is 301 g/mol. The molecule has 1 aromatic heterocycles. The normalized spacial score (nSPS) is 11.8. The second-order valence-corrected chi connectivity index (χ2v) is 7.72. The zero-order chi connectivity index (χ0) is 13.5. The molecular weight excluding hydrogens is 290 g/mol. The number of aryl methyl sites for hydroxylation is 3. The first kappa shape index (κ1) is 13.5. The van der Waals surface area contributed by atoms with Gasteiger partial charge in [0.05, 0.1) is 15.6 Å². The molecule has 0 spiro atoms. The highest BCUT2D eigenvalue weighted by atomic mass is 35.7. The summed E-state index contributed by atoms with van der Waals surface area (Å²) in [5, 5.41) is 2.95. The lowest BCUT2D eigenvalue weighted by Gasteiger charge is -2.08. The summed E-state index contributed by atoms with van der Waals surface area (Å²) in [4.78, 5) is 4.58. The van der Waals surface area contributed by atoms with Crippen molar-refractivity contribution < 1.29 is 8.42 Å². The van der Waals surface area contributed by atoms with Crippen LogP contribution in [0.25, 0.3) is 11.3 Å². The molecule has 3 nitrogen and oxygen atoms in total. The van der Waals surface area contributed by atoms with Crippen molar-refractivity contribution >= 4 is 31.1 Å². The smallest absolute Gasteiger partial charge is 0.242 e. The maximum Gasteiger partial charge on any atom is 0.261 e. The van der Waals surface area contributed by atoms with E-state index in [9.17, 15) is 8.42 Å². The molecule has 0 radical (unpaired) electrons.